The monoisotopic (exact) mass is 412 g/mol. The summed E-state index contributed by atoms with van der Waals surface area (Å²) in [4.78, 5) is 17.1. The maximum atomic E-state index is 12.9. The highest BCUT2D eigenvalue weighted by Crippen LogP contribution is 2.30. The van der Waals surface area contributed by atoms with Gasteiger partial charge in [-0.3, -0.25) is 9.69 Å². The van der Waals surface area contributed by atoms with Crippen LogP contribution in [0.1, 0.15) is 29.2 Å². The van der Waals surface area contributed by atoms with E-state index in [1.165, 1.54) is 11.3 Å². The first kappa shape index (κ1) is 20.1. The van der Waals surface area contributed by atoms with Gasteiger partial charge >= 0.3 is 0 Å². The summed E-state index contributed by atoms with van der Waals surface area (Å²) < 4.78 is 7.40. The molecule has 1 atom stereocenters. The molecule has 3 aromatic rings. The number of carbonyl (C=O) groups excluding carboxylic acids is 1. The van der Waals surface area contributed by atoms with Crippen LogP contribution in [0.15, 0.2) is 36.4 Å². The third kappa shape index (κ3) is 4.22. The number of nitrogens with one attached hydrogen (secondary N) is 1. The molecule has 1 unspecified atom stereocenters. The van der Waals surface area contributed by atoms with Gasteiger partial charge < -0.3 is 10.1 Å². The van der Waals surface area contributed by atoms with Crippen LogP contribution in [0.4, 0.5) is 0 Å². The first-order valence-electron chi connectivity index (χ1n) is 10.2. The van der Waals surface area contributed by atoms with E-state index >= 15 is 0 Å². The van der Waals surface area contributed by atoms with E-state index in [0.29, 0.717) is 18.5 Å². The molecule has 1 amide bonds. The summed E-state index contributed by atoms with van der Waals surface area (Å²) in [7, 11) is 0. The number of aromatic nitrogens is 2. The van der Waals surface area contributed by atoms with E-state index in [-0.39, 0.29) is 5.91 Å². The van der Waals surface area contributed by atoms with Crippen molar-refractivity contribution in [3.05, 3.63) is 47.0 Å². The summed E-state index contributed by atoms with van der Waals surface area (Å²) in [5.41, 5.74) is 1.94. The predicted octanol–water partition coefficient (Wildman–Crippen LogP) is 3.48. The molecule has 1 aromatic carbocycles. The minimum absolute atomic E-state index is 0.0101. The van der Waals surface area contributed by atoms with Crippen LogP contribution in [0.5, 0.6) is 0 Å². The number of aryl methyl sites for hydroxylation is 1. The summed E-state index contributed by atoms with van der Waals surface area (Å²) in [5.74, 6) is 0.453. The van der Waals surface area contributed by atoms with Crippen LogP contribution >= 0.6 is 11.3 Å². The number of morpholine rings is 1. The van der Waals surface area contributed by atoms with Gasteiger partial charge in [0.15, 0.2) is 0 Å². The second-order valence-electron chi connectivity index (χ2n) is 7.83. The number of benzene rings is 1. The van der Waals surface area contributed by atoms with E-state index in [2.05, 4.69) is 29.2 Å². The second kappa shape index (κ2) is 8.65. The number of carbonyl (C=O) groups is 1. The molecule has 3 heterocycles. The maximum Gasteiger partial charge on any atom is 0.261 e. The second-order valence-corrected chi connectivity index (χ2v) is 8.86. The minimum Gasteiger partial charge on any atom is -0.379 e. The van der Waals surface area contributed by atoms with Gasteiger partial charge in [-0.2, -0.15) is 5.10 Å². The Bertz CT molecular complexity index is 974. The molecule has 0 radical (unpaired) electrons. The van der Waals surface area contributed by atoms with Gasteiger partial charge in [0.1, 0.15) is 4.83 Å². The highest BCUT2D eigenvalue weighted by molar-refractivity contribution is 7.20. The Morgan fingerprint density at radius 3 is 2.66 bits per heavy atom. The third-order valence-electron chi connectivity index (χ3n) is 5.53. The Morgan fingerprint density at radius 2 is 1.97 bits per heavy atom. The molecule has 0 aliphatic carbocycles. The zero-order valence-electron chi connectivity index (χ0n) is 17.2. The largest absolute Gasteiger partial charge is 0.379 e. The van der Waals surface area contributed by atoms with Gasteiger partial charge in [0.25, 0.3) is 5.91 Å². The maximum absolute atomic E-state index is 12.9. The van der Waals surface area contributed by atoms with Gasteiger partial charge in [-0.05, 0) is 31.0 Å². The van der Waals surface area contributed by atoms with Crippen molar-refractivity contribution in [2.75, 3.05) is 32.8 Å². The lowest BCUT2D eigenvalue weighted by molar-refractivity contribution is 0.00674. The molecule has 1 N–H and O–H groups in total. The lowest BCUT2D eigenvalue weighted by atomic mass is 10.0. The fourth-order valence-electron chi connectivity index (χ4n) is 3.88. The molecule has 7 heteroatoms. The Morgan fingerprint density at radius 1 is 1.24 bits per heavy atom. The van der Waals surface area contributed by atoms with E-state index in [0.717, 1.165) is 52.8 Å². The lowest BCUT2D eigenvalue weighted by Crippen LogP contribution is -2.51. The number of hydrogen-bond acceptors (Lipinski definition) is 5. The van der Waals surface area contributed by atoms with Crippen LogP contribution in [-0.4, -0.2) is 59.5 Å². The normalized spacial score (nSPS) is 16.4. The summed E-state index contributed by atoms with van der Waals surface area (Å²) in [6.07, 6.45) is 0. The Balaban J connectivity index is 1.51. The van der Waals surface area contributed by atoms with Gasteiger partial charge in [-0.25, -0.2) is 4.68 Å². The van der Waals surface area contributed by atoms with Crippen molar-refractivity contribution in [2.24, 2.45) is 5.92 Å². The number of thiophene rings is 1. The molecule has 154 valence electrons. The topological polar surface area (TPSA) is 59.4 Å². The quantitative estimate of drug-likeness (QED) is 0.673. The molecule has 29 heavy (non-hydrogen) atoms. The van der Waals surface area contributed by atoms with E-state index in [4.69, 9.17) is 4.74 Å². The average Bonchev–Trinajstić information content (AvgIpc) is 3.30. The van der Waals surface area contributed by atoms with Gasteiger partial charge in [-0.15, -0.1) is 11.3 Å². The number of fused-ring (bicyclic) bond motifs is 1. The van der Waals surface area contributed by atoms with Gasteiger partial charge in [0.2, 0.25) is 0 Å². The highest BCUT2D eigenvalue weighted by atomic mass is 32.1. The first-order chi connectivity index (χ1) is 14.0. The third-order valence-corrected chi connectivity index (χ3v) is 6.63. The molecule has 6 nitrogen and oxygen atoms in total. The number of amides is 1. The molecule has 0 bridgehead atoms. The molecular weight excluding hydrogens is 384 g/mol. The lowest BCUT2D eigenvalue weighted by Gasteiger charge is -2.36. The first-order valence-corrected chi connectivity index (χ1v) is 11.0. The van der Waals surface area contributed by atoms with Crippen LogP contribution in [0.2, 0.25) is 0 Å². The molecule has 1 aliphatic heterocycles. The number of para-hydroxylation sites is 1. The fraction of sp³-hybridized carbons (Fsp3) is 0.455. The van der Waals surface area contributed by atoms with Crippen molar-refractivity contribution in [1.82, 2.24) is 20.0 Å². The van der Waals surface area contributed by atoms with Crippen LogP contribution in [0, 0.1) is 12.8 Å². The smallest absolute Gasteiger partial charge is 0.261 e. The zero-order chi connectivity index (χ0) is 20.4. The van der Waals surface area contributed by atoms with Crippen molar-refractivity contribution in [2.45, 2.75) is 26.8 Å². The zero-order valence-corrected chi connectivity index (χ0v) is 18.0. The number of nitrogens with zero attached hydrogens (tertiary/aromatic N) is 3. The summed E-state index contributed by atoms with van der Waals surface area (Å²) in [6, 6.07) is 12.3. The van der Waals surface area contributed by atoms with Crippen LogP contribution in [0.3, 0.4) is 0 Å². The standard InChI is InChI=1S/C22H28N4O2S/c1-15(2)19(25-9-11-28-12-10-25)14-23-21(27)20-13-18-16(3)24-26(22(18)29-20)17-7-5-4-6-8-17/h4-8,13,15,19H,9-12,14H2,1-3H3,(H,23,27). The molecule has 2 aromatic heterocycles. The van der Waals surface area contributed by atoms with E-state index in [1.54, 1.807) is 0 Å². The Hall–Kier alpha value is -2.22. The van der Waals surface area contributed by atoms with Crippen molar-refractivity contribution < 1.29 is 9.53 Å². The van der Waals surface area contributed by atoms with E-state index in [1.807, 2.05) is 48.0 Å². The predicted molar refractivity (Wildman–Crippen MR) is 117 cm³/mol. The molecule has 1 fully saturated rings. The SMILES string of the molecule is Cc1nn(-c2ccccc2)c2sc(C(=O)NCC(C(C)C)N3CCOCC3)cc12. The van der Waals surface area contributed by atoms with E-state index in [9.17, 15) is 4.79 Å². The minimum atomic E-state index is -0.0101. The molecular formula is C22H28N4O2S. The van der Waals surface area contributed by atoms with Crippen molar-refractivity contribution >= 4 is 27.5 Å². The van der Waals surface area contributed by atoms with Gasteiger partial charge in [0, 0.05) is 31.1 Å². The van der Waals surface area contributed by atoms with Gasteiger partial charge in [0.05, 0.1) is 29.5 Å². The van der Waals surface area contributed by atoms with Crippen molar-refractivity contribution in [3.63, 3.8) is 0 Å². The molecule has 0 spiro atoms. The Kier molecular flexibility index (Phi) is 5.99. The van der Waals surface area contributed by atoms with Crippen molar-refractivity contribution in [1.29, 1.82) is 0 Å². The molecule has 0 saturated carbocycles. The fourth-order valence-corrected chi connectivity index (χ4v) is 4.98. The number of hydrogen-bond donors (Lipinski definition) is 1. The van der Waals surface area contributed by atoms with Gasteiger partial charge in [-0.1, -0.05) is 32.0 Å². The molecule has 1 saturated heterocycles. The Labute approximate surface area is 175 Å². The average molecular weight is 413 g/mol. The van der Waals surface area contributed by atoms with E-state index < -0.39 is 0 Å². The number of rotatable bonds is 6. The summed E-state index contributed by atoms with van der Waals surface area (Å²) in [6.45, 7) is 10.4. The highest BCUT2D eigenvalue weighted by Gasteiger charge is 2.25. The van der Waals surface area contributed by atoms with Crippen LogP contribution in [0.25, 0.3) is 15.9 Å². The number of ether oxygens (including phenoxy) is 1. The molecule has 1 aliphatic rings. The summed E-state index contributed by atoms with van der Waals surface area (Å²) >= 11 is 1.50. The van der Waals surface area contributed by atoms with Crippen molar-refractivity contribution in [3.8, 4) is 5.69 Å². The van der Waals surface area contributed by atoms with Crippen LogP contribution < -0.4 is 5.32 Å². The molecule has 4 rings (SSSR count). The van der Waals surface area contributed by atoms with Crippen LogP contribution in [-0.2, 0) is 4.74 Å². The summed E-state index contributed by atoms with van der Waals surface area (Å²) in [5, 5.41) is 8.86.